The summed E-state index contributed by atoms with van der Waals surface area (Å²) in [5, 5.41) is 14.6. The highest BCUT2D eigenvalue weighted by molar-refractivity contribution is 4.83. The van der Waals surface area contributed by atoms with Crippen molar-refractivity contribution in [1.82, 2.24) is 25.5 Å². The van der Waals surface area contributed by atoms with Crippen molar-refractivity contribution in [2.75, 3.05) is 7.05 Å². The number of hydrogen-bond acceptors (Lipinski definition) is 4. The van der Waals surface area contributed by atoms with Crippen LogP contribution in [0, 0.1) is 5.92 Å². The molecule has 0 aliphatic carbocycles. The normalized spacial score (nSPS) is 13.6. The largest absolute Gasteiger partial charge is 0.313 e. The van der Waals surface area contributed by atoms with Crippen LogP contribution in [0.15, 0.2) is 0 Å². The van der Waals surface area contributed by atoms with E-state index in [1.807, 2.05) is 11.7 Å². The van der Waals surface area contributed by atoms with Crippen molar-refractivity contribution in [3.63, 3.8) is 0 Å². The zero-order chi connectivity index (χ0) is 9.84. The lowest BCUT2D eigenvalue weighted by atomic mass is 10.1. The highest BCUT2D eigenvalue weighted by atomic mass is 15.6. The maximum Gasteiger partial charge on any atom is 0.165 e. The summed E-state index contributed by atoms with van der Waals surface area (Å²) in [7, 11) is 1.89. The molecular formula is C8H17N5. The van der Waals surface area contributed by atoms with E-state index < -0.39 is 0 Å². The third-order valence-corrected chi connectivity index (χ3v) is 2.25. The van der Waals surface area contributed by atoms with Crippen LogP contribution >= 0.6 is 0 Å². The molecule has 0 radical (unpaired) electrons. The molecule has 0 saturated heterocycles. The Labute approximate surface area is 78.5 Å². The van der Waals surface area contributed by atoms with Gasteiger partial charge in [-0.05, 0) is 30.3 Å². The summed E-state index contributed by atoms with van der Waals surface area (Å²) in [4.78, 5) is 0. The van der Waals surface area contributed by atoms with Gasteiger partial charge in [0.2, 0.25) is 0 Å². The van der Waals surface area contributed by atoms with E-state index in [0.29, 0.717) is 18.5 Å². The summed E-state index contributed by atoms with van der Waals surface area (Å²) in [6.45, 7) is 7.16. The minimum Gasteiger partial charge on any atom is -0.313 e. The topological polar surface area (TPSA) is 55.6 Å². The number of aromatic nitrogens is 4. The third kappa shape index (κ3) is 2.24. The molecule has 5 nitrogen and oxygen atoms in total. The van der Waals surface area contributed by atoms with Gasteiger partial charge in [0.1, 0.15) is 0 Å². The SMILES string of the molecule is CNCc1nnnn1C(C)C(C)C. The zero-order valence-corrected chi connectivity index (χ0v) is 8.65. The predicted molar refractivity (Wildman–Crippen MR) is 50.1 cm³/mol. The Kier molecular flexibility index (Phi) is 3.36. The molecule has 0 fully saturated rings. The average Bonchev–Trinajstić information content (AvgIpc) is 2.52. The molecule has 1 atom stereocenters. The Balaban J connectivity index is 2.80. The second kappa shape index (κ2) is 4.32. The number of nitrogens with zero attached hydrogens (tertiary/aromatic N) is 4. The smallest absolute Gasteiger partial charge is 0.165 e. The number of nitrogens with one attached hydrogen (secondary N) is 1. The van der Waals surface area contributed by atoms with Crippen molar-refractivity contribution in [2.45, 2.75) is 33.4 Å². The molecular weight excluding hydrogens is 166 g/mol. The van der Waals surface area contributed by atoms with Crippen LogP contribution in [0.25, 0.3) is 0 Å². The molecule has 0 spiro atoms. The van der Waals surface area contributed by atoms with E-state index in [0.717, 1.165) is 5.82 Å². The van der Waals surface area contributed by atoms with Crippen LogP contribution < -0.4 is 5.32 Å². The fourth-order valence-corrected chi connectivity index (χ4v) is 1.09. The molecule has 0 aliphatic rings. The molecule has 1 aromatic rings. The van der Waals surface area contributed by atoms with Crippen LogP contribution in [0.2, 0.25) is 0 Å². The first-order valence-electron chi connectivity index (χ1n) is 4.58. The maximum atomic E-state index is 3.97. The molecule has 1 N–H and O–H groups in total. The van der Waals surface area contributed by atoms with E-state index in [4.69, 9.17) is 0 Å². The van der Waals surface area contributed by atoms with Crippen molar-refractivity contribution in [3.8, 4) is 0 Å². The fourth-order valence-electron chi connectivity index (χ4n) is 1.09. The predicted octanol–water partition coefficient (Wildman–Crippen LogP) is 0.609. The van der Waals surface area contributed by atoms with Crippen molar-refractivity contribution in [2.24, 2.45) is 5.92 Å². The first-order chi connectivity index (χ1) is 6.16. The highest BCUT2D eigenvalue weighted by Gasteiger charge is 2.14. The van der Waals surface area contributed by atoms with Gasteiger partial charge in [-0.25, -0.2) is 4.68 Å². The lowest BCUT2D eigenvalue weighted by Crippen LogP contribution is -2.19. The van der Waals surface area contributed by atoms with Crippen LogP contribution in [0.1, 0.15) is 32.6 Å². The Morgan fingerprint density at radius 2 is 2.08 bits per heavy atom. The Morgan fingerprint density at radius 1 is 1.38 bits per heavy atom. The van der Waals surface area contributed by atoms with Gasteiger partial charge in [-0.2, -0.15) is 0 Å². The first kappa shape index (κ1) is 10.1. The summed E-state index contributed by atoms with van der Waals surface area (Å²) >= 11 is 0. The van der Waals surface area contributed by atoms with Crippen LogP contribution in [0.4, 0.5) is 0 Å². The molecule has 0 aromatic carbocycles. The molecule has 1 unspecified atom stereocenters. The highest BCUT2D eigenvalue weighted by Crippen LogP contribution is 2.15. The molecule has 74 valence electrons. The maximum absolute atomic E-state index is 3.97. The Morgan fingerprint density at radius 3 is 2.62 bits per heavy atom. The van der Waals surface area contributed by atoms with E-state index in [1.54, 1.807) is 0 Å². The van der Waals surface area contributed by atoms with Gasteiger partial charge in [0.15, 0.2) is 5.82 Å². The Bertz CT molecular complexity index is 255. The van der Waals surface area contributed by atoms with E-state index >= 15 is 0 Å². The van der Waals surface area contributed by atoms with Crippen molar-refractivity contribution >= 4 is 0 Å². The molecule has 5 heteroatoms. The minimum absolute atomic E-state index is 0.346. The summed E-state index contributed by atoms with van der Waals surface area (Å²) in [5.41, 5.74) is 0. The molecule has 1 heterocycles. The van der Waals surface area contributed by atoms with Crippen LogP contribution in [0.3, 0.4) is 0 Å². The number of hydrogen-bond donors (Lipinski definition) is 1. The van der Waals surface area contributed by atoms with Crippen LogP contribution in [-0.2, 0) is 6.54 Å². The fraction of sp³-hybridized carbons (Fsp3) is 0.875. The Hall–Kier alpha value is -0.970. The molecule has 1 aromatic heterocycles. The molecule has 1 rings (SSSR count). The summed E-state index contributed by atoms with van der Waals surface area (Å²) < 4.78 is 1.88. The number of rotatable bonds is 4. The van der Waals surface area contributed by atoms with Crippen LogP contribution in [-0.4, -0.2) is 27.3 Å². The van der Waals surface area contributed by atoms with Crippen molar-refractivity contribution < 1.29 is 0 Å². The molecule has 0 aliphatic heterocycles. The van der Waals surface area contributed by atoms with Gasteiger partial charge in [0.25, 0.3) is 0 Å². The van der Waals surface area contributed by atoms with E-state index in [1.165, 1.54) is 0 Å². The molecule has 0 bridgehead atoms. The third-order valence-electron chi connectivity index (χ3n) is 2.25. The van der Waals surface area contributed by atoms with Gasteiger partial charge in [0, 0.05) is 0 Å². The second-order valence-corrected chi connectivity index (χ2v) is 3.55. The van der Waals surface area contributed by atoms with Gasteiger partial charge in [-0.15, -0.1) is 5.10 Å². The molecule has 0 saturated carbocycles. The van der Waals surface area contributed by atoms with Gasteiger partial charge in [0.05, 0.1) is 12.6 Å². The van der Waals surface area contributed by atoms with Crippen molar-refractivity contribution in [3.05, 3.63) is 5.82 Å². The van der Waals surface area contributed by atoms with Crippen molar-refractivity contribution in [1.29, 1.82) is 0 Å². The standard InChI is InChI=1S/C8H17N5/c1-6(2)7(3)13-8(5-9-4)10-11-12-13/h6-7,9H,5H2,1-4H3. The van der Waals surface area contributed by atoms with E-state index in [2.05, 4.69) is 41.6 Å². The van der Waals surface area contributed by atoms with Gasteiger partial charge >= 0.3 is 0 Å². The van der Waals surface area contributed by atoms with Crippen LogP contribution in [0.5, 0.6) is 0 Å². The monoisotopic (exact) mass is 183 g/mol. The first-order valence-corrected chi connectivity index (χ1v) is 4.58. The molecule has 0 amide bonds. The quantitative estimate of drug-likeness (QED) is 0.743. The van der Waals surface area contributed by atoms with E-state index in [9.17, 15) is 0 Å². The average molecular weight is 183 g/mol. The van der Waals surface area contributed by atoms with Gasteiger partial charge in [-0.1, -0.05) is 13.8 Å². The van der Waals surface area contributed by atoms with E-state index in [-0.39, 0.29) is 0 Å². The zero-order valence-electron chi connectivity index (χ0n) is 8.65. The number of tetrazole rings is 1. The van der Waals surface area contributed by atoms with Gasteiger partial charge in [-0.3, -0.25) is 0 Å². The summed E-state index contributed by atoms with van der Waals surface area (Å²) in [6.07, 6.45) is 0. The molecule has 13 heavy (non-hydrogen) atoms. The second-order valence-electron chi connectivity index (χ2n) is 3.55. The minimum atomic E-state index is 0.346. The lowest BCUT2D eigenvalue weighted by molar-refractivity contribution is 0.356. The van der Waals surface area contributed by atoms with Gasteiger partial charge < -0.3 is 5.32 Å². The lowest BCUT2D eigenvalue weighted by Gasteiger charge is -2.16. The summed E-state index contributed by atoms with van der Waals surface area (Å²) in [5.74, 6) is 1.43. The summed E-state index contributed by atoms with van der Waals surface area (Å²) in [6, 6.07) is 0.346.